The molecule has 43 heavy (non-hydrogen) atoms. The highest BCUT2D eigenvalue weighted by molar-refractivity contribution is 5.92. The second kappa shape index (κ2) is 11.5. The van der Waals surface area contributed by atoms with E-state index in [1.165, 1.54) is 29.1 Å². The smallest absolute Gasteiger partial charge is 0.355 e. The van der Waals surface area contributed by atoms with Crippen LogP contribution < -0.4 is 10.6 Å². The number of amides is 1. The van der Waals surface area contributed by atoms with Crippen molar-refractivity contribution in [3.05, 3.63) is 76.8 Å². The number of benzene rings is 1. The summed E-state index contributed by atoms with van der Waals surface area (Å²) in [7, 11) is 0. The van der Waals surface area contributed by atoms with Crippen LogP contribution in [0.25, 0.3) is 28.0 Å². The first-order valence-corrected chi connectivity index (χ1v) is 14.1. The number of phenols is 1. The zero-order valence-electron chi connectivity index (χ0n) is 24.7. The Bertz CT molecular complexity index is 1760. The summed E-state index contributed by atoms with van der Waals surface area (Å²) in [6.45, 7) is 13.9. The summed E-state index contributed by atoms with van der Waals surface area (Å²) in [5.74, 6) is -2.54. The molecule has 4 heterocycles. The number of fused-ring (bicyclic) bond motifs is 1. The van der Waals surface area contributed by atoms with Crippen molar-refractivity contribution >= 4 is 22.8 Å². The van der Waals surface area contributed by atoms with Crippen LogP contribution in [0, 0.1) is 11.6 Å². The van der Waals surface area contributed by atoms with Crippen molar-refractivity contribution in [2.24, 2.45) is 0 Å². The highest BCUT2D eigenvalue weighted by Gasteiger charge is 2.32. The number of pyridine rings is 1. The maximum Gasteiger partial charge on any atom is 0.355 e. The van der Waals surface area contributed by atoms with Crippen molar-refractivity contribution in [2.75, 3.05) is 24.5 Å². The van der Waals surface area contributed by atoms with Crippen molar-refractivity contribution in [2.45, 2.75) is 52.5 Å². The Morgan fingerprint density at radius 2 is 1.74 bits per heavy atom. The maximum absolute atomic E-state index is 16.4. The van der Waals surface area contributed by atoms with Crippen LogP contribution in [0.1, 0.15) is 57.8 Å². The zero-order valence-corrected chi connectivity index (χ0v) is 24.7. The van der Waals surface area contributed by atoms with E-state index < -0.39 is 23.1 Å². The van der Waals surface area contributed by atoms with Crippen LogP contribution in [0.15, 0.2) is 48.0 Å². The lowest BCUT2D eigenvalue weighted by molar-refractivity contribution is -0.126. The van der Waals surface area contributed by atoms with Crippen LogP contribution in [0.5, 0.6) is 5.75 Å². The minimum absolute atomic E-state index is 0.0535. The highest BCUT2D eigenvalue weighted by Crippen LogP contribution is 2.37. The van der Waals surface area contributed by atoms with Gasteiger partial charge in [0.25, 0.3) is 0 Å². The summed E-state index contributed by atoms with van der Waals surface area (Å²) < 4.78 is 32.6. The van der Waals surface area contributed by atoms with Crippen molar-refractivity contribution in [3.8, 4) is 22.7 Å². The normalized spacial score (nSPS) is 15.5. The first-order valence-electron chi connectivity index (χ1n) is 14.1. The van der Waals surface area contributed by atoms with Crippen LogP contribution >= 0.6 is 0 Å². The number of carbonyl (C=O) groups excluding carboxylic acids is 1. The monoisotopic (exact) mass is 589 g/mol. The molecule has 12 heteroatoms. The van der Waals surface area contributed by atoms with E-state index in [0.717, 1.165) is 12.1 Å². The number of rotatable bonds is 6. The van der Waals surface area contributed by atoms with Gasteiger partial charge in [-0.2, -0.15) is 4.98 Å². The Morgan fingerprint density at radius 1 is 1.07 bits per heavy atom. The van der Waals surface area contributed by atoms with Gasteiger partial charge in [-0.1, -0.05) is 40.3 Å². The Balaban J connectivity index is 1.87. The van der Waals surface area contributed by atoms with E-state index in [-0.39, 0.29) is 58.4 Å². The van der Waals surface area contributed by atoms with Crippen molar-refractivity contribution in [1.29, 1.82) is 0 Å². The second-order valence-electron chi connectivity index (χ2n) is 11.2. The molecule has 0 aliphatic carbocycles. The number of halogens is 2. The lowest BCUT2D eigenvalue weighted by Crippen LogP contribution is -2.54. The number of aromatic hydroxyl groups is 1. The highest BCUT2D eigenvalue weighted by atomic mass is 19.1. The van der Waals surface area contributed by atoms with Gasteiger partial charge in [-0.15, -0.1) is 0 Å². The molecule has 1 N–H and O–H groups in total. The van der Waals surface area contributed by atoms with Crippen molar-refractivity contribution < 1.29 is 18.7 Å². The molecular formula is C31H33F2N7O3. The lowest BCUT2D eigenvalue weighted by Gasteiger charge is -2.40. The SMILES string of the molecule is C=CC(=O)N1CCN(c2nc(=O)n(-c3c(C(C)C)ncnc3C(C)C)c3nc(-c4c(O)cccc4F)cc(F)c23)[C@@H](C)C1. The topological polar surface area (TPSA) is 117 Å². The molecule has 1 aromatic carbocycles. The van der Waals surface area contributed by atoms with Crippen LogP contribution in [0.3, 0.4) is 0 Å². The van der Waals surface area contributed by atoms with E-state index in [9.17, 15) is 19.1 Å². The van der Waals surface area contributed by atoms with Crippen LogP contribution in [0.2, 0.25) is 0 Å². The molecule has 0 spiro atoms. The third kappa shape index (κ3) is 5.21. The number of hydrogen-bond donors (Lipinski definition) is 1. The minimum atomic E-state index is -0.815. The van der Waals surface area contributed by atoms with Crippen LogP contribution in [-0.4, -0.2) is 66.1 Å². The molecule has 4 aromatic rings. The zero-order chi connectivity index (χ0) is 31.2. The molecule has 0 radical (unpaired) electrons. The predicted molar refractivity (Wildman–Crippen MR) is 160 cm³/mol. The van der Waals surface area contributed by atoms with Gasteiger partial charge in [0.05, 0.1) is 33.7 Å². The molecule has 1 aliphatic heterocycles. The third-order valence-corrected chi connectivity index (χ3v) is 7.61. The fourth-order valence-corrected chi connectivity index (χ4v) is 5.54. The Hall–Kier alpha value is -4.74. The molecule has 1 aliphatic rings. The van der Waals surface area contributed by atoms with E-state index in [4.69, 9.17) is 0 Å². The molecule has 3 aromatic heterocycles. The van der Waals surface area contributed by atoms with E-state index in [2.05, 4.69) is 26.5 Å². The average molecular weight is 590 g/mol. The van der Waals surface area contributed by atoms with Gasteiger partial charge >= 0.3 is 5.69 Å². The first kappa shape index (κ1) is 29.7. The quantitative estimate of drug-likeness (QED) is 0.322. The van der Waals surface area contributed by atoms with Gasteiger partial charge in [-0.25, -0.2) is 33.1 Å². The van der Waals surface area contributed by atoms with Gasteiger partial charge in [0.15, 0.2) is 5.65 Å². The van der Waals surface area contributed by atoms with Crippen LogP contribution in [-0.2, 0) is 4.79 Å². The summed E-state index contributed by atoms with van der Waals surface area (Å²) in [4.78, 5) is 47.7. The lowest BCUT2D eigenvalue weighted by atomic mass is 10.0. The summed E-state index contributed by atoms with van der Waals surface area (Å²) in [5, 5.41) is 10.4. The molecule has 10 nitrogen and oxygen atoms in total. The van der Waals surface area contributed by atoms with Gasteiger partial charge in [-0.05, 0) is 37.0 Å². The number of piperazine rings is 1. The van der Waals surface area contributed by atoms with E-state index in [0.29, 0.717) is 30.2 Å². The largest absolute Gasteiger partial charge is 0.507 e. The van der Waals surface area contributed by atoms with Gasteiger partial charge < -0.3 is 14.9 Å². The van der Waals surface area contributed by atoms with Gasteiger partial charge in [0.1, 0.15) is 29.5 Å². The fourth-order valence-electron chi connectivity index (χ4n) is 5.54. The number of phenolic OH excluding ortho intramolecular Hbond substituents is 1. The van der Waals surface area contributed by atoms with E-state index in [1.807, 2.05) is 34.6 Å². The number of carbonyl (C=O) groups is 1. The molecule has 0 unspecified atom stereocenters. The van der Waals surface area contributed by atoms with E-state index in [1.54, 1.807) is 9.80 Å². The molecule has 1 fully saturated rings. The fraction of sp³-hybridized carbons (Fsp3) is 0.355. The van der Waals surface area contributed by atoms with Gasteiger partial charge in [0.2, 0.25) is 5.91 Å². The number of aromatic nitrogens is 5. The molecule has 224 valence electrons. The molecule has 1 saturated heterocycles. The standard InChI is InChI=1S/C31H33F2N7O3/c1-7-23(42)38-11-12-39(18(6)14-38)29-25-20(33)13-21(24-19(32)9-8-10-22(24)41)36-30(25)40(31(43)37-29)28-26(16(2)3)34-15-35-27(28)17(4)5/h7-10,13,15-18,41H,1,11-12,14H2,2-6H3/t18-/m0/s1. The molecule has 1 amide bonds. The van der Waals surface area contributed by atoms with Gasteiger partial charge in [0, 0.05) is 31.7 Å². The number of hydrogen-bond acceptors (Lipinski definition) is 8. The molecular weight excluding hydrogens is 556 g/mol. The molecule has 0 bridgehead atoms. The first-order chi connectivity index (χ1) is 20.4. The molecule has 1 atom stereocenters. The van der Waals surface area contributed by atoms with Crippen LogP contribution in [0.4, 0.5) is 14.6 Å². The maximum atomic E-state index is 16.4. The average Bonchev–Trinajstić information content (AvgIpc) is 2.95. The molecule has 5 rings (SSSR count). The second-order valence-corrected chi connectivity index (χ2v) is 11.2. The minimum Gasteiger partial charge on any atom is -0.507 e. The summed E-state index contributed by atoms with van der Waals surface area (Å²) in [6.07, 6.45) is 2.66. The Morgan fingerprint density at radius 3 is 2.33 bits per heavy atom. The summed E-state index contributed by atoms with van der Waals surface area (Å²) in [6, 6.07) is 4.42. The predicted octanol–water partition coefficient (Wildman–Crippen LogP) is 4.69. The van der Waals surface area contributed by atoms with E-state index >= 15 is 4.39 Å². The Kier molecular flexibility index (Phi) is 7.96. The summed E-state index contributed by atoms with van der Waals surface area (Å²) >= 11 is 0. The van der Waals surface area contributed by atoms with Gasteiger partial charge in [-0.3, -0.25) is 4.79 Å². The van der Waals surface area contributed by atoms with Crippen molar-refractivity contribution in [3.63, 3.8) is 0 Å². The number of anilines is 1. The van der Waals surface area contributed by atoms with Crippen molar-refractivity contribution in [1.82, 2.24) is 29.4 Å². The number of nitrogens with zero attached hydrogens (tertiary/aromatic N) is 7. The summed E-state index contributed by atoms with van der Waals surface area (Å²) in [5.41, 5.74) is 0.0175. The Labute approximate surface area is 247 Å². The molecule has 0 saturated carbocycles. The third-order valence-electron chi connectivity index (χ3n) is 7.61.